The number of amides is 2. The summed E-state index contributed by atoms with van der Waals surface area (Å²) in [5.74, 6) is -0.162. The van der Waals surface area contributed by atoms with E-state index >= 15 is 0 Å². The molecule has 6 nitrogen and oxygen atoms in total. The zero-order valence-electron chi connectivity index (χ0n) is 15.3. The minimum atomic E-state index is -0.575. The van der Waals surface area contributed by atoms with Gasteiger partial charge in [-0.15, -0.1) is 0 Å². The molecule has 28 heavy (non-hydrogen) atoms. The van der Waals surface area contributed by atoms with Gasteiger partial charge in [0, 0.05) is 11.9 Å². The molecule has 0 radical (unpaired) electrons. The van der Waals surface area contributed by atoms with Crippen LogP contribution < -0.4 is 14.8 Å². The molecular formula is C20H18ClFN2O4. The molecule has 3 rings (SSSR count). The maximum absolute atomic E-state index is 13.2. The van der Waals surface area contributed by atoms with Crippen LogP contribution in [0.5, 0.6) is 11.5 Å². The molecule has 1 aliphatic heterocycles. The van der Waals surface area contributed by atoms with Crippen molar-refractivity contribution < 1.29 is 23.5 Å². The first-order valence-electron chi connectivity index (χ1n) is 8.38. The van der Waals surface area contributed by atoms with E-state index in [4.69, 9.17) is 21.1 Å². The molecule has 2 amide bonds. The molecule has 0 fully saturated rings. The summed E-state index contributed by atoms with van der Waals surface area (Å²) in [6.45, 7) is -0.188. The maximum Gasteiger partial charge on any atom is 0.244 e. The van der Waals surface area contributed by atoms with E-state index in [0.29, 0.717) is 17.2 Å². The minimum Gasteiger partial charge on any atom is -0.493 e. The van der Waals surface area contributed by atoms with Gasteiger partial charge in [0.15, 0.2) is 11.5 Å². The van der Waals surface area contributed by atoms with E-state index in [0.717, 1.165) is 17.2 Å². The second kappa shape index (κ2) is 8.31. The average Bonchev–Trinajstić information content (AvgIpc) is 2.82. The molecule has 0 bridgehead atoms. The number of ether oxygens (including phenoxy) is 2. The second-order valence-corrected chi connectivity index (χ2v) is 6.50. The smallest absolute Gasteiger partial charge is 0.244 e. The summed E-state index contributed by atoms with van der Waals surface area (Å²) in [5, 5.41) is 2.50. The van der Waals surface area contributed by atoms with Crippen LogP contribution in [0.4, 0.5) is 10.1 Å². The van der Waals surface area contributed by atoms with Crippen molar-refractivity contribution in [3.05, 3.63) is 58.5 Å². The third kappa shape index (κ3) is 4.26. The van der Waals surface area contributed by atoms with Gasteiger partial charge in [0.1, 0.15) is 12.4 Å². The van der Waals surface area contributed by atoms with E-state index in [1.54, 1.807) is 24.4 Å². The Kier molecular flexibility index (Phi) is 5.84. The molecule has 2 aromatic rings. The fourth-order valence-corrected chi connectivity index (χ4v) is 3.01. The highest BCUT2D eigenvalue weighted by Crippen LogP contribution is 2.32. The lowest BCUT2D eigenvalue weighted by Gasteiger charge is -2.17. The zero-order valence-corrected chi connectivity index (χ0v) is 16.0. The molecule has 0 atom stereocenters. The first kappa shape index (κ1) is 19.7. The topological polar surface area (TPSA) is 67.9 Å². The predicted molar refractivity (Wildman–Crippen MR) is 104 cm³/mol. The Morgan fingerprint density at radius 3 is 2.61 bits per heavy atom. The molecule has 0 aromatic heterocycles. The van der Waals surface area contributed by atoms with Crippen LogP contribution in [-0.2, 0) is 16.0 Å². The lowest BCUT2D eigenvalue weighted by molar-refractivity contribution is -0.131. The minimum absolute atomic E-state index is 0.0955. The van der Waals surface area contributed by atoms with Crippen molar-refractivity contribution in [1.82, 2.24) is 4.90 Å². The first-order valence-corrected chi connectivity index (χ1v) is 8.76. The Hall–Kier alpha value is -3.06. The lowest BCUT2D eigenvalue weighted by Crippen LogP contribution is -2.34. The van der Waals surface area contributed by atoms with Crippen molar-refractivity contribution in [2.45, 2.75) is 6.42 Å². The van der Waals surface area contributed by atoms with Gasteiger partial charge in [-0.25, -0.2) is 4.39 Å². The summed E-state index contributed by atoms with van der Waals surface area (Å²) in [7, 11) is 3.06. The van der Waals surface area contributed by atoms with Crippen LogP contribution in [0.25, 0.3) is 6.08 Å². The molecule has 0 saturated carbocycles. The number of hydrogen-bond donors (Lipinski definition) is 1. The van der Waals surface area contributed by atoms with Gasteiger partial charge in [0.25, 0.3) is 0 Å². The van der Waals surface area contributed by atoms with E-state index < -0.39 is 11.7 Å². The highest BCUT2D eigenvalue weighted by atomic mass is 35.5. The van der Waals surface area contributed by atoms with Gasteiger partial charge < -0.3 is 19.7 Å². The molecule has 1 heterocycles. The number of rotatable bonds is 5. The van der Waals surface area contributed by atoms with Crippen molar-refractivity contribution in [2.24, 2.45) is 0 Å². The van der Waals surface area contributed by atoms with Crippen molar-refractivity contribution >= 4 is 35.2 Å². The third-order valence-electron chi connectivity index (χ3n) is 4.26. The Balaban J connectivity index is 1.74. The molecule has 0 saturated heterocycles. The summed E-state index contributed by atoms with van der Waals surface area (Å²) in [6.07, 6.45) is 3.40. The van der Waals surface area contributed by atoms with Gasteiger partial charge in [0.2, 0.25) is 11.8 Å². The molecular weight excluding hydrogens is 387 g/mol. The fraction of sp³-hybridized carbons (Fsp3) is 0.200. The first-order chi connectivity index (χ1) is 13.4. The highest BCUT2D eigenvalue weighted by Gasteiger charge is 2.21. The summed E-state index contributed by atoms with van der Waals surface area (Å²) >= 11 is 5.71. The predicted octanol–water partition coefficient (Wildman–Crippen LogP) is 3.49. The average molecular weight is 405 g/mol. The van der Waals surface area contributed by atoms with Gasteiger partial charge >= 0.3 is 0 Å². The fourth-order valence-electron chi connectivity index (χ4n) is 2.83. The molecule has 2 aromatic carbocycles. The van der Waals surface area contributed by atoms with E-state index in [9.17, 15) is 14.0 Å². The van der Waals surface area contributed by atoms with Crippen molar-refractivity contribution in [3.63, 3.8) is 0 Å². The molecule has 1 aliphatic rings. The Morgan fingerprint density at radius 1 is 1.21 bits per heavy atom. The summed E-state index contributed by atoms with van der Waals surface area (Å²) in [6, 6.07) is 7.39. The molecule has 0 unspecified atom stereocenters. The zero-order chi connectivity index (χ0) is 20.3. The van der Waals surface area contributed by atoms with Gasteiger partial charge in [-0.1, -0.05) is 11.6 Å². The van der Waals surface area contributed by atoms with Crippen LogP contribution in [0.2, 0.25) is 5.02 Å². The van der Waals surface area contributed by atoms with E-state index in [-0.39, 0.29) is 23.9 Å². The second-order valence-electron chi connectivity index (χ2n) is 6.10. The quantitative estimate of drug-likeness (QED) is 0.828. The van der Waals surface area contributed by atoms with E-state index in [1.165, 1.54) is 31.3 Å². The SMILES string of the molecule is COc1cc2c(cc1OC)CC(=O)N(CC(=O)Nc1ccc(F)c(Cl)c1)C=C2. The monoisotopic (exact) mass is 404 g/mol. The number of halogens is 2. The number of benzene rings is 2. The summed E-state index contributed by atoms with van der Waals surface area (Å²) in [4.78, 5) is 26.2. The van der Waals surface area contributed by atoms with Crippen LogP contribution in [0, 0.1) is 5.82 Å². The Bertz CT molecular complexity index is 961. The number of hydrogen-bond acceptors (Lipinski definition) is 4. The van der Waals surface area contributed by atoms with Crippen LogP contribution in [0.1, 0.15) is 11.1 Å². The van der Waals surface area contributed by atoms with Gasteiger partial charge in [-0.3, -0.25) is 9.59 Å². The number of nitrogens with one attached hydrogen (secondary N) is 1. The van der Waals surface area contributed by atoms with Crippen LogP contribution in [-0.4, -0.2) is 37.5 Å². The number of carbonyl (C=O) groups excluding carboxylic acids is 2. The van der Waals surface area contributed by atoms with Gasteiger partial charge in [0.05, 0.1) is 25.7 Å². The Labute approximate surface area is 166 Å². The Morgan fingerprint density at radius 2 is 1.93 bits per heavy atom. The molecule has 146 valence electrons. The van der Waals surface area contributed by atoms with E-state index in [1.807, 2.05) is 0 Å². The number of fused-ring (bicyclic) bond motifs is 1. The third-order valence-corrected chi connectivity index (χ3v) is 4.55. The van der Waals surface area contributed by atoms with Crippen molar-refractivity contribution in [3.8, 4) is 11.5 Å². The maximum atomic E-state index is 13.2. The highest BCUT2D eigenvalue weighted by molar-refractivity contribution is 6.31. The van der Waals surface area contributed by atoms with Crippen molar-refractivity contribution in [2.75, 3.05) is 26.1 Å². The number of carbonyl (C=O) groups is 2. The van der Waals surface area contributed by atoms with E-state index in [2.05, 4.69) is 5.32 Å². The molecule has 0 spiro atoms. The van der Waals surface area contributed by atoms with Gasteiger partial charge in [-0.05, 0) is 47.5 Å². The van der Waals surface area contributed by atoms with Gasteiger partial charge in [-0.2, -0.15) is 0 Å². The lowest BCUT2D eigenvalue weighted by atomic mass is 10.0. The van der Waals surface area contributed by atoms with Crippen LogP contribution in [0.3, 0.4) is 0 Å². The molecule has 0 aliphatic carbocycles. The molecule has 8 heteroatoms. The largest absolute Gasteiger partial charge is 0.493 e. The molecule has 1 N–H and O–H groups in total. The van der Waals surface area contributed by atoms with Crippen molar-refractivity contribution in [1.29, 1.82) is 0 Å². The summed E-state index contributed by atoms with van der Waals surface area (Å²) < 4.78 is 23.8. The number of nitrogens with zero attached hydrogens (tertiary/aromatic N) is 1. The normalized spacial score (nSPS) is 13.0. The number of methoxy groups -OCH3 is 2. The summed E-state index contributed by atoms with van der Waals surface area (Å²) in [5.41, 5.74) is 1.92. The standard InChI is InChI=1S/C20H18ClFN2O4/c1-27-17-7-12-5-6-24(20(26)9-13(12)8-18(17)28-2)11-19(25)23-14-3-4-16(22)15(21)10-14/h3-8,10H,9,11H2,1-2H3,(H,23,25). The number of anilines is 1. The van der Waals surface area contributed by atoms with Crippen LogP contribution in [0.15, 0.2) is 36.5 Å². The van der Waals surface area contributed by atoms with Crippen LogP contribution >= 0.6 is 11.6 Å².